The van der Waals surface area contributed by atoms with E-state index in [-0.39, 0.29) is 11.0 Å². The molecule has 0 atom stereocenters. The molecule has 3 nitrogen and oxygen atoms in total. The molecule has 0 saturated carbocycles. The van der Waals surface area contributed by atoms with E-state index < -0.39 is 5.97 Å². The SMILES string of the molecule is Cc1cc(Oc2ccccc2C(=O)O)ccc1C(C)(C)C. The van der Waals surface area contributed by atoms with E-state index >= 15 is 0 Å². The Morgan fingerprint density at radius 2 is 1.76 bits per heavy atom. The highest BCUT2D eigenvalue weighted by atomic mass is 16.5. The molecule has 0 amide bonds. The lowest BCUT2D eigenvalue weighted by molar-refractivity contribution is 0.0694. The number of carboxylic acid groups (broad SMARTS) is 1. The van der Waals surface area contributed by atoms with Crippen LogP contribution in [0.1, 0.15) is 42.3 Å². The summed E-state index contributed by atoms with van der Waals surface area (Å²) in [5, 5.41) is 9.17. The van der Waals surface area contributed by atoms with Crippen molar-refractivity contribution in [2.24, 2.45) is 0 Å². The van der Waals surface area contributed by atoms with Crippen LogP contribution >= 0.6 is 0 Å². The van der Waals surface area contributed by atoms with Crippen LogP contribution in [0.3, 0.4) is 0 Å². The molecule has 0 bridgehead atoms. The number of rotatable bonds is 3. The maximum atomic E-state index is 11.2. The number of benzene rings is 2. The van der Waals surface area contributed by atoms with Gasteiger partial charge < -0.3 is 9.84 Å². The molecule has 110 valence electrons. The quantitative estimate of drug-likeness (QED) is 0.882. The predicted molar refractivity (Wildman–Crippen MR) is 83.4 cm³/mol. The van der Waals surface area contributed by atoms with E-state index in [1.807, 2.05) is 25.1 Å². The highest BCUT2D eigenvalue weighted by molar-refractivity contribution is 5.90. The summed E-state index contributed by atoms with van der Waals surface area (Å²) < 4.78 is 5.74. The summed E-state index contributed by atoms with van der Waals surface area (Å²) in [6, 6.07) is 12.5. The Balaban J connectivity index is 2.34. The van der Waals surface area contributed by atoms with E-state index in [9.17, 15) is 4.79 Å². The van der Waals surface area contributed by atoms with E-state index in [1.54, 1.807) is 18.2 Å². The van der Waals surface area contributed by atoms with Gasteiger partial charge >= 0.3 is 5.97 Å². The van der Waals surface area contributed by atoms with Crippen LogP contribution in [0.2, 0.25) is 0 Å². The van der Waals surface area contributed by atoms with Crippen LogP contribution in [-0.2, 0) is 5.41 Å². The Hall–Kier alpha value is -2.29. The van der Waals surface area contributed by atoms with Gasteiger partial charge in [0.2, 0.25) is 0 Å². The van der Waals surface area contributed by atoms with Gasteiger partial charge in [-0.15, -0.1) is 0 Å². The molecule has 0 aliphatic heterocycles. The van der Waals surface area contributed by atoms with Crippen LogP contribution in [0.5, 0.6) is 11.5 Å². The fourth-order valence-corrected chi connectivity index (χ4v) is 2.40. The minimum atomic E-state index is -0.992. The number of hydrogen-bond donors (Lipinski definition) is 1. The lowest BCUT2D eigenvalue weighted by atomic mass is 9.84. The lowest BCUT2D eigenvalue weighted by Gasteiger charge is -2.22. The molecule has 0 spiro atoms. The van der Waals surface area contributed by atoms with Crippen LogP contribution in [0.25, 0.3) is 0 Å². The molecular formula is C18H20O3. The molecule has 1 N–H and O–H groups in total. The molecule has 0 aromatic heterocycles. The normalized spacial score (nSPS) is 11.2. The Labute approximate surface area is 125 Å². The van der Waals surface area contributed by atoms with Crippen molar-refractivity contribution in [3.05, 3.63) is 59.2 Å². The number of hydrogen-bond acceptors (Lipinski definition) is 2. The molecule has 0 radical (unpaired) electrons. The number of carboxylic acids is 1. The van der Waals surface area contributed by atoms with Crippen LogP contribution < -0.4 is 4.74 Å². The average Bonchev–Trinajstić information content (AvgIpc) is 2.37. The summed E-state index contributed by atoms with van der Waals surface area (Å²) in [7, 11) is 0. The summed E-state index contributed by atoms with van der Waals surface area (Å²) in [5.74, 6) is 0.00995. The molecule has 2 aromatic carbocycles. The minimum absolute atomic E-state index is 0.0710. The molecule has 0 heterocycles. The summed E-state index contributed by atoms with van der Waals surface area (Å²) >= 11 is 0. The van der Waals surface area contributed by atoms with Crippen molar-refractivity contribution in [3.63, 3.8) is 0 Å². The zero-order chi connectivity index (χ0) is 15.6. The van der Waals surface area contributed by atoms with Gasteiger partial charge in [0.05, 0.1) is 0 Å². The summed E-state index contributed by atoms with van der Waals surface area (Å²) in [5.41, 5.74) is 2.62. The van der Waals surface area contributed by atoms with E-state index in [0.29, 0.717) is 11.5 Å². The molecule has 0 saturated heterocycles. The number of aryl methyl sites for hydroxylation is 1. The molecule has 2 rings (SSSR count). The molecular weight excluding hydrogens is 264 g/mol. The van der Waals surface area contributed by atoms with Gasteiger partial charge in [-0.1, -0.05) is 39.0 Å². The van der Waals surface area contributed by atoms with Crippen LogP contribution in [0.4, 0.5) is 0 Å². The average molecular weight is 284 g/mol. The van der Waals surface area contributed by atoms with E-state index in [0.717, 1.165) is 5.56 Å². The Morgan fingerprint density at radius 1 is 1.10 bits per heavy atom. The third-order valence-corrected chi connectivity index (χ3v) is 3.35. The van der Waals surface area contributed by atoms with Gasteiger partial charge in [-0.05, 0) is 47.7 Å². The topological polar surface area (TPSA) is 46.5 Å². The van der Waals surface area contributed by atoms with Crippen LogP contribution in [0.15, 0.2) is 42.5 Å². The zero-order valence-corrected chi connectivity index (χ0v) is 12.8. The van der Waals surface area contributed by atoms with Gasteiger partial charge in [-0.3, -0.25) is 0 Å². The third-order valence-electron chi connectivity index (χ3n) is 3.35. The molecule has 0 aliphatic rings. The predicted octanol–water partition coefficient (Wildman–Crippen LogP) is 4.78. The minimum Gasteiger partial charge on any atom is -0.478 e. The van der Waals surface area contributed by atoms with Gasteiger partial charge in [-0.2, -0.15) is 0 Å². The second kappa shape index (κ2) is 5.60. The van der Waals surface area contributed by atoms with E-state index in [4.69, 9.17) is 9.84 Å². The molecule has 2 aromatic rings. The lowest BCUT2D eigenvalue weighted by Crippen LogP contribution is -2.12. The van der Waals surface area contributed by atoms with Crippen LogP contribution in [0, 0.1) is 6.92 Å². The van der Waals surface area contributed by atoms with Gasteiger partial charge in [0.25, 0.3) is 0 Å². The van der Waals surface area contributed by atoms with Crippen molar-refractivity contribution in [2.45, 2.75) is 33.1 Å². The largest absolute Gasteiger partial charge is 0.478 e. The first-order valence-electron chi connectivity index (χ1n) is 6.90. The number of aromatic carboxylic acids is 1. The van der Waals surface area contributed by atoms with Crippen molar-refractivity contribution >= 4 is 5.97 Å². The van der Waals surface area contributed by atoms with Crippen LogP contribution in [-0.4, -0.2) is 11.1 Å². The number of para-hydroxylation sites is 1. The molecule has 0 aliphatic carbocycles. The van der Waals surface area contributed by atoms with E-state index in [1.165, 1.54) is 11.6 Å². The van der Waals surface area contributed by atoms with Crippen molar-refractivity contribution in [1.82, 2.24) is 0 Å². The summed E-state index contributed by atoms with van der Waals surface area (Å²) in [6.45, 7) is 8.53. The zero-order valence-electron chi connectivity index (χ0n) is 12.8. The van der Waals surface area contributed by atoms with Gasteiger partial charge in [0.1, 0.15) is 17.1 Å². The monoisotopic (exact) mass is 284 g/mol. The maximum Gasteiger partial charge on any atom is 0.339 e. The third kappa shape index (κ3) is 3.43. The molecule has 0 fully saturated rings. The second-order valence-electron chi connectivity index (χ2n) is 6.13. The smallest absolute Gasteiger partial charge is 0.339 e. The van der Waals surface area contributed by atoms with Crippen molar-refractivity contribution in [1.29, 1.82) is 0 Å². The maximum absolute atomic E-state index is 11.2. The number of ether oxygens (including phenoxy) is 1. The van der Waals surface area contributed by atoms with Crippen molar-refractivity contribution in [2.75, 3.05) is 0 Å². The standard InChI is InChI=1S/C18H20O3/c1-12-11-13(9-10-15(12)18(2,3)4)21-16-8-6-5-7-14(16)17(19)20/h5-11H,1-4H3,(H,19,20). The highest BCUT2D eigenvalue weighted by Gasteiger charge is 2.17. The number of carbonyl (C=O) groups is 1. The van der Waals surface area contributed by atoms with Crippen molar-refractivity contribution in [3.8, 4) is 11.5 Å². The Kier molecular flexibility index (Phi) is 4.03. The van der Waals surface area contributed by atoms with Gasteiger partial charge in [-0.25, -0.2) is 4.79 Å². The highest BCUT2D eigenvalue weighted by Crippen LogP contribution is 2.31. The second-order valence-corrected chi connectivity index (χ2v) is 6.13. The first-order chi connectivity index (χ1) is 9.79. The summed E-state index contributed by atoms with van der Waals surface area (Å²) in [4.78, 5) is 11.2. The van der Waals surface area contributed by atoms with Crippen molar-refractivity contribution < 1.29 is 14.6 Å². The first kappa shape index (κ1) is 15.1. The first-order valence-corrected chi connectivity index (χ1v) is 6.90. The summed E-state index contributed by atoms with van der Waals surface area (Å²) in [6.07, 6.45) is 0. The fourth-order valence-electron chi connectivity index (χ4n) is 2.40. The molecule has 21 heavy (non-hydrogen) atoms. The van der Waals surface area contributed by atoms with Gasteiger partial charge in [0.15, 0.2) is 0 Å². The Bertz CT molecular complexity index is 666. The Morgan fingerprint density at radius 3 is 2.33 bits per heavy atom. The molecule has 0 unspecified atom stereocenters. The van der Waals surface area contributed by atoms with Gasteiger partial charge in [0, 0.05) is 0 Å². The van der Waals surface area contributed by atoms with E-state index in [2.05, 4.69) is 20.8 Å². The molecule has 3 heteroatoms. The fraction of sp³-hybridized carbons (Fsp3) is 0.278.